The van der Waals surface area contributed by atoms with E-state index in [2.05, 4.69) is 57.8 Å². The van der Waals surface area contributed by atoms with Gasteiger partial charge in [-0.1, -0.05) is 30.3 Å². The topological polar surface area (TPSA) is 73.8 Å². The highest BCUT2D eigenvalue weighted by molar-refractivity contribution is 14.0. The third-order valence-corrected chi connectivity index (χ3v) is 6.08. The number of nitrogens with zero attached hydrogens (tertiary/aromatic N) is 2. The SMILES string of the molecule is CN=C(NCC1CC(C)N(Cc2ccccc2)C1)NC(C)CCS(C)(=O)=O.I. The van der Waals surface area contributed by atoms with E-state index in [0.717, 1.165) is 25.6 Å². The summed E-state index contributed by atoms with van der Waals surface area (Å²) in [6.45, 7) is 7.21. The number of nitrogens with one attached hydrogen (secondary N) is 2. The maximum atomic E-state index is 11.3. The quantitative estimate of drug-likeness (QED) is 0.312. The van der Waals surface area contributed by atoms with Gasteiger partial charge in [0, 0.05) is 45.0 Å². The molecule has 0 aliphatic carbocycles. The number of sulfone groups is 1. The van der Waals surface area contributed by atoms with Crippen molar-refractivity contribution < 1.29 is 8.42 Å². The lowest BCUT2D eigenvalue weighted by atomic mass is 10.1. The lowest BCUT2D eigenvalue weighted by Crippen LogP contribution is -2.44. The second-order valence-corrected chi connectivity index (χ2v) is 10.0. The van der Waals surface area contributed by atoms with Crippen LogP contribution >= 0.6 is 24.0 Å². The van der Waals surface area contributed by atoms with Crippen LogP contribution in [0.15, 0.2) is 35.3 Å². The molecule has 2 rings (SSSR count). The maximum absolute atomic E-state index is 11.3. The molecule has 1 heterocycles. The van der Waals surface area contributed by atoms with E-state index in [9.17, 15) is 8.42 Å². The molecule has 1 aliphatic heterocycles. The molecule has 0 radical (unpaired) electrons. The van der Waals surface area contributed by atoms with Gasteiger partial charge in [-0.15, -0.1) is 24.0 Å². The molecule has 3 unspecified atom stereocenters. The molecular weight excluding hydrogens is 487 g/mol. The van der Waals surface area contributed by atoms with E-state index in [-0.39, 0.29) is 35.8 Å². The fourth-order valence-electron chi connectivity index (χ4n) is 3.54. The van der Waals surface area contributed by atoms with Crippen molar-refractivity contribution in [2.24, 2.45) is 10.9 Å². The van der Waals surface area contributed by atoms with Crippen LogP contribution in [-0.4, -0.2) is 63.5 Å². The molecule has 0 spiro atoms. The first-order valence-corrected chi connectivity index (χ1v) is 11.8. The molecule has 160 valence electrons. The fraction of sp³-hybridized carbons (Fsp3) is 0.650. The molecule has 0 amide bonds. The van der Waals surface area contributed by atoms with Gasteiger partial charge in [0.25, 0.3) is 0 Å². The van der Waals surface area contributed by atoms with Crippen LogP contribution in [0.4, 0.5) is 0 Å². The number of guanidine groups is 1. The first kappa shape index (κ1) is 25.2. The Kier molecular flexibility index (Phi) is 10.8. The predicted molar refractivity (Wildman–Crippen MR) is 128 cm³/mol. The van der Waals surface area contributed by atoms with Gasteiger partial charge in [-0.25, -0.2) is 8.42 Å². The van der Waals surface area contributed by atoms with Crippen molar-refractivity contribution in [1.82, 2.24) is 15.5 Å². The number of hydrogen-bond acceptors (Lipinski definition) is 4. The summed E-state index contributed by atoms with van der Waals surface area (Å²) in [4.78, 5) is 6.80. The van der Waals surface area contributed by atoms with Crippen LogP contribution in [-0.2, 0) is 16.4 Å². The van der Waals surface area contributed by atoms with Gasteiger partial charge in [0.05, 0.1) is 5.75 Å². The number of halogens is 1. The largest absolute Gasteiger partial charge is 0.356 e. The zero-order valence-corrected chi connectivity index (χ0v) is 20.5. The van der Waals surface area contributed by atoms with Crippen molar-refractivity contribution in [3.05, 3.63) is 35.9 Å². The van der Waals surface area contributed by atoms with Crippen LogP contribution in [0, 0.1) is 5.92 Å². The minimum Gasteiger partial charge on any atom is -0.356 e. The number of hydrogen-bond donors (Lipinski definition) is 2. The molecule has 1 saturated heterocycles. The van der Waals surface area contributed by atoms with Gasteiger partial charge in [0.1, 0.15) is 9.84 Å². The summed E-state index contributed by atoms with van der Waals surface area (Å²) >= 11 is 0. The summed E-state index contributed by atoms with van der Waals surface area (Å²) in [5.74, 6) is 1.51. The van der Waals surface area contributed by atoms with Crippen LogP contribution in [0.3, 0.4) is 0 Å². The number of likely N-dealkylation sites (tertiary alicyclic amines) is 1. The van der Waals surface area contributed by atoms with Gasteiger partial charge in [-0.2, -0.15) is 0 Å². The summed E-state index contributed by atoms with van der Waals surface area (Å²) in [6, 6.07) is 11.2. The van der Waals surface area contributed by atoms with E-state index < -0.39 is 9.84 Å². The normalized spacial score (nSPS) is 21.8. The Morgan fingerprint density at radius 3 is 2.61 bits per heavy atom. The highest BCUT2D eigenvalue weighted by Crippen LogP contribution is 2.24. The minimum atomic E-state index is -2.93. The van der Waals surface area contributed by atoms with E-state index in [0.29, 0.717) is 18.4 Å². The van der Waals surface area contributed by atoms with Crippen molar-refractivity contribution in [3.63, 3.8) is 0 Å². The first-order valence-electron chi connectivity index (χ1n) is 9.69. The summed E-state index contributed by atoms with van der Waals surface area (Å²) in [5, 5.41) is 6.69. The van der Waals surface area contributed by atoms with E-state index in [1.54, 1.807) is 7.05 Å². The Bertz CT molecular complexity index is 712. The van der Waals surface area contributed by atoms with Crippen molar-refractivity contribution in [3.8, 4) is 0 Å². The van der Waals surface area contributed by atoms with Crippen LogP contribution in [0.1, 0.15) is 32.3 Å². The summed E-state index contributed by atoms with van der Waals surface area (Å²) in [5.41, 5.74) is 1.36. The van der Waals surface area contributed by atoms with Crippen molar-refractivity contribution in [1.29, 1.82) is 0 Å². The second kappa shape index (κ2) is 12.0. The first-order chi connectivity index (χ1) is 12.8. The molecule has 3 atom stereocenters. The molecule has 1 fully saturated rings. The van der Waals surface area contributed by atoms with Gasteiger partial charge in [0.2, 0.25) is 0 Å². The Hall–Kier alpha value is -0.870. The van der Waals surface area contributed by atoms with Gasteiger partial charge >= 0.3 is 0 Å². The van der Waals surface area contributed by atoms with E-state index in [4.69, 9.17) is 0 Å². The predicted octanol–water partition coefficient (Wildman–Crippen LogP) is 2.50. The zero-order valence-electron chi connectivity index (χ0n) is 17.4. The molecule has 1 aromatic rings. The molecule has 6 nitrogen and oxygen atoms in total. The summed E-state index contributed by atoms with van der Waals surface area (Å²) < 4.78 is 22.6. The molecule has 0 aromatic heterocycles. The molecule has 2 N–H and O–H groups in total. The Morgan fingerprint density at radius 2 is 2.00 bits per heavy atom. The van der Waals surface area contributed by atoms with Gasteiger partial charge in [0.15, 0.2) is 5.96 Å². The zero-order chi connectivity index (χ0) is 19.9. The van der Waals surface area contributed by atoms with Crippen molar-refractivity contribution >= 4 is 39.8 Å². The van der Waals surface area contributed by atoms with E-state index in [1.165, 1.54) is 18.2 Å². The molecular formula is C20H35IN4O2S. The highest BCUT2D eigenvalue weighted by Gasteiger charge is 2.28. The average molecular weight is 522 g/mol. The second-order valence-electron chi connectivity index (χ2n) is 7.78. The molecule has 0 saturated carbocycles. The lowest BCUT2D eigenvalue weighted by Gasteiger charge is -2.21. The molecule has 1 aromatic carbocycles. The fourth-order valence-corrected chi connectivity index (χ4v) is 4.32. The summed E-state index contributed by atoms with van der Waals surface area (Å²) in [6.07, 6.45) is 3.01. The average Bonchev–Trinajstić information content (AvgIpc) is 2.96. The van der Waals surface area contributed by atoms with E-state index >= 15 is 0 Å². The highest BCUT2D eigenvalue weighted by atomic mass is 127. The number of aliphatic imine (C=N–C) groups is 1. The molecule has 8 heteroatoms. The van der Waals surface area contributed by atoms with Crippen molar-refractivity contribution in [2.45, 2.75) is 45.3 Å². The third-order valence-electron chi connectivity index (χ3n) is 5.11. The maximum Gasteiger partial charge on any atom is 0.191 e. The monoisotopic (exact) mass is 522 g/mol. The number of benzene rings is 1. The van der Waals surface area contributed by atoms with E-state index in [1.807, 2.05) is 6.92 Å². The van der Waals surface area contributed by atoms with Crippen molar-refractivity contribution in [2.75, 3.05) is 32.1 Å². The smallest absolute Gasteiger partial charge is 0.191 e. The van der Waals surface area contributed by atoms with Crippen LogP contribution < -0.4 is 10.6 Å². The third kappa shape index (κ3) is 9.09. The minimum absolute atomic E-state index is 0. The standard InChI is InChI=1S/C20H34N4O2S.HI/c1-16(10-11-27(4,25)26)23-20(21-3)22-13-19-12-17(2)24(15-19)14-18-8-6-5-7-9-18;/h5-9,16-17,19H,10-15H2,1-4H3,(H2,21,22,23);1H. The Morgan fingerprint density at radius 1 is 1.32 bits per heavy atom. The number of rotatable bonds is 8. The van der Waals surface area contributed by atoms with Gasteiger partial charge in [-0.3, -0.25) is 9.89 Å². The summed E-state index contributed by atoms with van der Waals surface area (Å²) in [7, 11) is -1.18. The lowest BCUT2D eigenvalue weighted by molar-refractivity contribution is 0.255. The molecule has 0 bridgehead atoms. The molecule has 1 aliphatic rings. The van der Waals surface area contributed by atoms with Crippen LogP contribution in [0.2, 0.25) is 0 Å². The van der Waals surface area contributed by atoms with Gasteiger partial charge < -0.3 is 10.6 Å². The van der Waals surface area contributed by atoms with Gasteiger partial charge in [-0.05, 0) is 38.2 Å². The molecule has 28 heavy (non-hydrogen) atoms. The Balaban J connectivity index is 0.00000392. The van der Waals surface area contributed by atoms with Crippen LogP contribution in [0.25, 0.3) is 0 Å². The Labute approximate surface area is 187 Å². The van der Waals surface area contributed by atoms with Crippen LogP contribution in [0.5, 0.6) is 0 Å².